The normalized spacial score (nSPS) is 20.8. The van der Waals surface area contributed by atoms with Crippen molar-refractivity contribution in [2.75, 3.05) is 45.2 Å². The van der Waals surface area contributed by atoms with Gasteiger partial charge in [0.05, 0.1) is 7.11 Å². The van der Waals surface area contributed by atoms with E-state index in [0.717, 1.165) is 35.6 Å². The quantitative estimate of drug-likeness (QED) is 0.711. The molecular weight excluding hydrogens is 368 g/mol. The van der Waals surface area contributed by atoms with Crippen molar-refractivity contribution in [3.63, 3.8) is 0 Å². The van der Waals surface area contributed by atoms with Gasteiger partial charge >= 0.3 is 0 Å². The number of likely N-dealkylation sites (tertiary alicyclic amines) is 1. The molecule has 1 unspecified atom stereocenters. The molecule has 3 nitrogen and oxygen atoms in total. The van der Waals surface area contributed by atoms with Gasteiger partial charge in [0.25, 0.3) is 0 Å². The maximum atomic E-state index is 6.41. The maximum Gasteiger partial charge on any atom is 0.119 e. The molecule has 0 aliphatic carbocycles. The minimum absolute atomic E-state index is 0.718. The van der Waals surface area contributed by atoms with Crippen molar-refractivity contribution in [3.8, 4) is 5.75 Å². The lowest BCUT2D eigenvalue weighted by Gasteiger charge is -2.38. The van der Waals surface area contributed by atoms with Crippen LogP contribution < -0.4 is 9.64 Å². The molecule has 0 radical (unpaired) electrons. The molecule has 0 saturated carbocycles. The number of rotatable bonds is 5. The average Bonchev–Trinajstić information content (AvgIpc) is 2.71. The molecule has 2 aliphatic rings. The molecule has 1 atom stereocenters. The summed E-state index contributed by atoms with van der Waals surface area (Å²) in [5, 5.41) is 0.868. The Morgan fingerprint density at radius 2 is 1.86 bits per heavy atom. The van der Waals surface area contributed by atoms with Crippen LogP contribution in [-0.2, 0) is 12.8 Å². The number of hydrogen-bond donors (Lipinski definition) is 0. The van der Waals surface area contributed by atoms with Crippen LogP contribution in [0.25, 0.3) is 0 Å². The molecular formula is C24H31ClN2O. The molecule has 4 rings (SSSR count). The van der Waals surface area contributed by atoms with E-state index in [1.165, 1.54) is 55.7 Å². The number of piperidine rings is 1. The van der Waals surface area contributed by atoms with Crippen LogP contribution >= 0.6 is 11.6 Å². The number of halogens is 1. The summed E-state index contributed by atoms with van der Waals surface area (Å²) < 4.78 is 5.36. The summed E-state index contributed by atoms with van der Waals surface area (Å²) in [4.78, 5) is 5.11. The third-order valence-corrected chi connectivity index (χ3v) is 6.80. The average molecular weight is 399 g/mol. The van der Waals surface area contributed by atoms with Crippen LogP contribution in [0.15, 0.2) is 42.5 Å². The predicted molar refractivity (Wildman–Crippen MR) is 118 cm³/mol. The summed E-state index contributed by atoms with van der Waals surface area (Å²) >= 11 is 6.41. The van der Waals surface area contributed by atoms with E-state index < -0.39 is 0 Å². The van der Waals surface area contributed by atoms with Crippen LogP contribution in [0.4, 0.5) is 5.69 Å². The topological polar surface area (TPSA) is 15.7 Å². The minimum Gasteiger partial charge on any atom is -0.497 e. The SMILES string of the molecule is COc1ccc(Cl)c(CC2CCN(CC3Cc4ccccc4N(C)C3)CC2)c1. The number of hydrogen-bond acceptors (Lipinski definition) is 3. The fourth-order valence-electron chi connectivity index (χ4n) is 4.92. The van der Waals surface area contributed by atoms with Crippen molar-refractivity contribution in [3.05, 3.63) is 58.6 Å². The van der Waals surface area contributed by atoms with Crippen molar-refractivity contribution >= 4 is 17.3 Å². The third kappa shape index (κ3) is 4.47. The number of ether oxygens (including phenoxy) is 1. The Hall–Kier alpha value is -1.71. The van der Waals surface area contributed by atoms with Crippen molar-refractivity contribution in [1.82, 2.24) is 4.90 Å². The van der Waals surface area contributed by atoms with Gasteiger partial charge in [0.15, 0.2) is 0 Å². The van der Waals surface area contributed by atoms with Crippen LogP contribution in [0.3, 0.4) is 0 Å². The lowest BCUT2D eigenvalue weighted by molar-refractivity contribution is 0.159. The number of anilines is 1. The summed E-state index contributed by atoms with van der Waals surface area (Å²) in [6.45, 7) is 4.78. The van der Waals surface area contributed by atoms with Crippen LogP contribution in [0.5, 0.6) is 5.75 Å². The lowest BCUT2D eigenvalue weighted by Crippen LogP contribution is -2.42. The molecule has 0 aromatic heterocycles. The van der Waals surface area contributed by atoms with Gasteiger partial charge in [-0.25, -0.2) is 0 Å². The molecule has 1 saturated heterocycles. The zero-order valence-corrected chi connectivity index (χ0v) is 17.8. The Kier molecular flexibility index (Phi) is 6.13. The molecule has 150 valence electrons. The minimum atomic E-state index is 0.718. The van der Waals surface area contributed by atoms with Gasteiger partial charge in [0.1, 0.15) is 5.75 Å². The highest BCUT2D eigenvalue weighted by Crippen LogP contribution is 2.31. The summed E-state index contributed by atoms with van der Waals surface area (Å²) in [7, 11) is 3.95. The molecule has 1 fully saturated rings. The van der Waals surface area contributed by atoms with Crippen LogP contribution in [0, 0.1) is 11.8 Å². The summed E-state index contributed by atoms with van der Waals surface area (Å²) in [5.74, 6) is 2.35. The van der Waals surface area contributed by atoms with E-state index in [4.69, 9.17) is 16.3 Å². The second-order valence-corrected chi connectivity index (χ2v) is 8.89. The van der Waals surface area contributed by atoms with Gasteiger partial charge in [-0.05, 0) is 86.0 Å². The molecule has 4 heteroatoms. The van der Waals surface area contributed by atoms with Crippen molar-refractivity contribution in [2.24, 2.45) is 11.8 Å². The number of fused-ring (bicyclic) bond motifs is 1. The van der Waals surface area contributed by atoms with Gasteiger partial charge in [0, 0.05) is 30.8 Å². The molecule has 0 bridgehead atoms. The Labute approximate surface area is 174 Å². The Balaban J connectivity index is 1.29. The highest BCUT2D eigenvalue weighted by Gasteiger charge is 2.26. The molecule has 0 amide bonds. The zero-order valence-electron chi connectivity index (χ0n) is 17.0. The Morgan fingerprint density at radius 3 is 2.64 bits per heavy atom. The molecule has 2 aliphatic heterocycles. The Morgan fingerprint density at radius 1 is 1.07 bits per heavy atom. The lowest BCUT2D eigenvalue weighted by atomic mass is 9.88. The van der Waals surface area contributed by atoms with E-state index in [2.05, 4.69) is 47.2 Å². The molecule has 2 aromatic carbocycles. The van der Waals surface area contributed by atoms with Gasteiger partial charge in [-0.15, -0.1) is 0 Å². The second-order valence-electron chi connectivity index (χ2n) is 8.48. The van der Waals surface area contributed by atoms with Crippen LogP contribution in [-0.4, -0.2) is 45.2 Å². The van der Waals surface area contributed by atoms with E-state index in [9.17, 15) is 0 Å². The van der Waals surface area contributed by atoms with E-state index in [0.29, 0.717) is 0 Å². The number of para-hydroxylation sites is 1. The van der Waals surface area contributed by atoms with Gasteiger partial charge in [0.2, 0.25) is 0 Å². The first kappa shape index (κ1) is 19.6. The van der Waals surface area contributed by atoms with E-state index in [1.807, 2.05) is 12.1 Å². The fraction of sp³-hybridized carbons (Fsp3) is 0.500. The summed E-state index contributed by atoms with van der Waals surface area (Å²) in [5.41, 5.74) is 4.14. The van der Waals surface area contributed by atoms with Crippen LogP contribution in [0.2, 0.25) is 5.02 Å². The fourth-order valence-corrected chi connectivity index (χ4v) is 5.12. The first-order valence-electron chi connectivity index (χ1n) is 10.5. The van der Waals surface area contributed by atoms with Crippen molar-refractivity contribution < 1.29 is 4.74 Å². The van der Waals surface area contributed by atoms with Gasteiger partial charge in [-0.3, -0.25) is 0 Å². The second kappa shape index (κ2) is 8.75. The summed E-state index contributed by atoms with van der Waals surface area (Å²) in [6.07, 6.45) is 4.78. The molecule has 28 heavy (non-hydrogen) atoms. The smallest absolute Gasteiger partial charge is 0.119 e. The molecule has 0 spiro atoms. The van der Waals surface area contributed by atoms with Crippen LogP contribution in [0.1, 0.15) is 24.0 Å². The maximum absolute atomic E-state index is 6.41. The van der Waals surface area contributed by atoms with Gasteiger partial charge in [-0.1, -0.05) is 29.8 Å². The van der Waals surface area contributed by atoms with Gasteiger partial charge < -0.3 is 14.5 Å². The highest BCUT2D eigenvalue weighted by atomic mass is 35.5. The number of benzene rings is 2. The monoisotopic (exact) mass is 398 g/mol. The van der Waals surface area contributed by atoms with E-state index in [-0.39, 0.29) is 0 Å². The summed E-state index contributed by atoms with van der Waals surface area (Å²) in [6, 6.07) is 14.9. The number of nitrogens with zero attached hydrogens (tertiary/aromatic N) is 2. The predicted octanol–water partition coefficient (Wildman–Crippen LogP) is 4.91. The third-order valence-electron chi connectivity index (χ3n) is 6.43. The number of methoxy groups -OCH3 is 1. The molecule has 0 N–H and O–H groups in total. The highest BCUT2D eigenvalue weighted by molar-refractivity contribution is 6.31. The first-order valence-corrected chi connectivity index (χ1v) is 10.8. The Bertz CT molecular complexity index is 801. The molecule has 2 heterocycles. The van der Waals surface area contributed by atoms with Crippen molar-refractivity contribution in [1.29, 1.82) is 0 Å². The zero-order chi connectivity index (χ0) is 19.5. The molecule has 2 aromatic rings. The van der Waals surface area contributed by atoms with E-state index >= 15 is 0 Å². The van der Waals surface area contributed by atoms with E-state index in [1.54, 1.807) is 7.11 Å². The first-order chi connectivity index (χ1) is 13.6. The largest absolute Gasteiger partial charge is 0.497 e. The standard InChI is InChI=1S/C24H31ClN2O/c1-26-16-19(14-20-5-3-4-6-24(20)26)17-27-11-9-18(10-12-27)13-21-15-22(28-2)7-8-23(21)25/h3-8,15,18-19H,9-14,16-17H2,1-2H3. The van der Waals surface area contributed by atoms with Crippen molar-refractivity contribution in [2.45, 2.75) is 25.7 Å². The van der Waals surface area contributed by atoms with Gasteiger partial charge in [-0.2, -0.15) is 0 Å².